The van der Waals surface area contributed by atoms with E-state index in [1.165, 1.54) is 0 Å². The van der Waals surface area contributed by atoms with E-state index in [1.807, 2.05) is 87.5 Å². The van der Waals surface area contributed by atoms with Crippen LogP contribution < -0.4 is 5.32 Å². The Balaban J connectivity index is 1.58. The normalized spacial score (nSPS) is 12.7. The number of nitriles is 1. The minimum atomic E-state index is -0.541. The lowest BCUT2D eigenvalue weighted by Crippen LogP contribution is -2.13. The number of nitrogens with one attached hydrogen (secondary N) is 1. The van der Waals surface area contributed by atoms with Crippen molar-refractivity contribution in [3.8, 4) is 17.5 Å². The maximum Gasteiger partial charge on any atom is 0.166 e. The van der Waals surface area contributed by atoms with Crippen LogP contribution in [0.15, 0.2) is 73.0 Å². The van der Waals surface area contributed by atoms with Gasteiger partial charge in [-0.2, -0.15) is 5.26 Å². The van der Waals surface area contributed by atoms with Crippen LogP contribution in [0, 0.1) is 18.3 Å². The lowest BCUT2D eigenvalue weighted by Gasteiger charge is -2.17. The molecule has 1 aliphatic carbocycles. The third kappa shape index (κ3) is 3.85. The van der Waals surface area contributed by atoms with Crippen LogP contribution in [0.25, 0.3) is 28.0 Å². The molecule has 0 amide bonds. The monoisotopic (exact) mass is 430 g/mol. The molecular formula is C27H22N6. The molecule has 0 bridgehead atoms. The molecule has 0 aliphatic heterocycles. The minimum Gasteiger partial charge on any atom is -0.340 e. The summed E-state index contributed by atoms with van der Waals surface area (Å²) in [7, 11) is 0. The molecule has 1 aromatic carbocycles. The highest BCUT2D eigenvalue weighted by Gasteiger charge is 2.20. The van der Waals surface area contributed by atoms with Gasteiger partial charge in [0, 0.05) is 17.5 Å². The van der Waals surface area contributed by atoms with Crippen molar-refractivity contribution in [2.24, 2.45) is 0 Å². The molecule has 6 nitrogen and oxygen atoms in total. The molecule has 1 N–H and O–H groups in total. The van der Waals surface area contributed by atoms with Crippen LogP contribution >= 0.6 is 0 Å². The molecule has 0 radical (unpaired) electrons. The van der Waals surface area contributed by atoms with Crippen molar-refractivity contribution in [2.75, 3.05) is 5.32 Å². The number of nitrogens with zero attached hydrogens (tertiary/aromatic N) is 5. The first-order chi connectivity index (χ1) is 15.9. The summed E-state index contributed by atoms with van der Waals surface area (Å²) in [5.41, 5.74) is 5.54. The van der Waals surface area contributed by atoms with E-state index in [0.717, 1.165) is 39.2 Å². The number of aryl methyl sites for hydroxylation is 1. The summed E-state index contributed by atoms with van der Waals surface area (Å²) < 4.78 is 0. The number of fused-ring (bicyclic) bond motifs is 1. The number of benzene rings is 1. The quantitative estimate of drug-likeness (QED) is 0.424. The van der Waals surface area contributed by atoms with E-state index in [9.17, 15) is 5.26 Å². The number of hydrogen-bond donors (Lipinski definition) is 1. The van der Waals surface area contributed by atoms with Crippen LogP contribution in [0.1, 0.15) is 30.8 Å². The van der Waals surface area contributed by atoms with E-state index in [4.69, 9.17) is 15.0 Å². The summed E-state index contributed by atoms with van der Waals surface area (Å²) in [6, 6.07) is 18.1. The van der Waals surface area contributed by atoms with E-state index >= 15 is 0 Å². The van der Waals surface area contributed by atoms with E-state index in [-0.39, 0.29) is 0 Å². The number of rotatable bonds is 5. The van der Waals surface area contributed by atoms with Gasteiger partial charge in [0.15, 0.2) is 11.5 Å². The van der Waals surface area contributed by atoms with Gasteiger partial charge in [-0.25, -0.2) is 15.0 Å². The van der Waals surface area contributed by atoms with Gasteiger partial charge in [0.1, 0.15) is 5.82 Å². The average Bonchev–Trinajstić information content (AvgIpc) is 2.78. The van der Waals surface area contributed by atoms with Crippen molar-refractivity contribution >= 4 is 28.1 Å². The Morgan fingerprint density at radius 3 is 2.42 bits per heavy atom. The third-order valence-corrected chi connectivity index (χ3v) is 5.77. The van der Waals surface area contributed by atoms with Crippen molar-refractivity contribution in [1.82, 2.24) is 19.9 Å². The molecule has 1 aliphatic rings. The molecular weight excluding hydrogens is 408 g/mol. The fourth-order valence-corrected chi connectivity index (χ4v) is 3.63. The van der Waals surface area contributed by atoms with Crippen LogP contribution in [-0.4, -0.2) is 19.9 Å². The highest BCUT2D eigenvalue weighted by molar-refractivity contribution is 5.92. The number of pyridine rings is 2. The molecule has 3 aromatic heterocycles. The maximum atomic E-state index is 9.40. The molecule has 0 saturated carbocycles. The molecule has 0 saturated heterocycles. The predicted molar refractivity (Wildman–Crippen MR) is 131 cm³/mol. The molecule has 6 heteroatoms. The summed E-state index contributed by atoms with van der Waals surface area (Å²) in [5.74, 6) is 1.30. The maximum absolute atomic E-state index is 9.40. The second kappa shape index (κ2) is 7.95. The molecule has 160 valence electrons. The van der Waals surface area contributed by atoms with Gasteiger partial charge in [-0.1, -0.05) is 36.4 Å². The van der Waals surface area contributed by atoms with E-state index < -0.39 is 5.41 Å². The van der Waals surface area contributed by atoms with Crippen LogP contribution in [0.4, 0.5) is 11.5 Å². The summed E-state index contributed by atoms with van der Waals surface area (Å²) >= 11 is 0. The van der Waals surface area contributed by atoms with Gasteiger partial charge in [-0.05, 0) is 62.2 Å². The highest BCUT2D eigenvalue weighted by Crippen LogP contribution is 2.30. The van der Waals surface area contributed by atoms with Crippen LogP contribution in [0.2, 0.25) is 0 Å². The molecule has 5 rings (SSSR count). The summed E-state index contributed by atoms with van der Waals surface area (Å²) in [5, 5.41) is 13.6. The third-order valence-electron chi connectivity index (χ3n) is 5.77. The Kier molecular flexibility index (Phi) is 4.95. The van der Waals surface area contributed by atoms with E-state index in [2.05, 4.69) is 16.4 Å². The molecule has 0 unspecified atom stereocenters. The van der Waals surface area contributed by atoms with Crippen molar-refractivity contribution in [2.45, 2.75) is 26.2 Å². The van der Waals surface area contributed by atoms with Gasteiger partial charge in [0.2, 0.25) is 0 Å². The standard InChI is InChI=1S/C27H22N6/c1-17-6-5-15-29-23(17)22-14-13-21-25(32-24(18-7-4-8-18)33-26(21)31-22)30-20-11-9-19(10-12-20)27(2,3)16-28/h4-15H,1-3H3,(H,30,31,32,33). The smallest absolute Gasteiger partial charge is 0.166 e. The fraction of sp³-hybridized carbons (Fsp3) is 0.148. The molecule has 33 heavy (non-hydrogen) atoms. The predicted octanol–water partition coefficient (Wildman–Crippen LogP) is 5.89. The average molecular weight is 431 g/mol. The SMILES string of the molecule is Cc1cccnc1-c1ccc2c(Nc3ccc(C(C)(C)C#N)cc3)nc(C3=CC=C3)nc2n1. The Morgan fingerprint density at radius 1 is 0.970 bits per heavy atom. The lowest BCUT2D eigenvalue weighted by molar-refractivity contribution is 0.687. The van der Waals surface area contributed by atoms with Gasteiger partial charge in [0.25, 0.3) is 0 Å². The molecule has 0 fully saturated rings. The highest BCUT2D eigenvalue weighted by atomic mass is 15.1. The van der Waals surface area contributed by atoms with Crippen LogP contribution in [0.5, 0.6) is 0 Å². The number of aromatic nitrogens is 4. The van der Waals surface area contributed by atoms with Crippen molar-refractivity contribution in [3.05, 3.63) is 89.9 Å². The fourth-order valence-electron chi connectivity index (χ4n) is 3.63. The Hall–Kier alpha value is -4.37. The van der Waals surface area contributed by atoms with E-state index in [1.54, 1.807) is 6.20 Å². The molecule has 3 heterocycles. The van der Waals surface area contributed by atoms with Gasteiger partial charge < -0.3 is 5.32 Å². The van der Waals surface area contributed by atoms with Gasteiger partial charge in [-0.15, -0.1) is 0 Å². The van der Waals surface area contributed by atoms with E-state index in [0.29, 0.717) is 17.3 Å². The first-order valence-corrected chi connectivity index (χ1v) is 10.7. The van der Waals surface area contributed by atoms with Crippen molar-refractivity contribution in [3.63, 3.8) is 0 Å². The first kappa shape index (κ1) is 20.5. The zero-order chi connectivity index (χ0) is 23.0. The number of allylic oxidation sites excluding steroid dienone is 4. The molecule has 0 atom stereocenters. The number of anilines is 2. The van der Waals surface area contributed by atoms with Gasteiger partial charge in [0.05, 0.1) is 28.3 Å². The Morgan fingerprint density at radius 2 is 1.76 bits per heavy atom. The molecule has 0 spiro atoms. The summed E-state index contributed by atoms with van der Waals surface area (Å²) in [6.45, 7) is 5.84. The van der Waals surface area contributed by atoms with Gasteiger partial charge in [-0.3, -0.25) is 4.98 Å². The van der Waals surface area contributed by atoms with Crippen LogP contribution in [0.3, 0.4) is 0 Å². The largest absolute Gasteiger partial charge is 0.340 e. The van der Waals surface area contributed by atoms with Crippen molar-refractivity contribution in [1.29, 1.82) is 5.26 Å². The zero-order valence-electron chi connectivity index (χ0n) is 18.7. The molecule has 4 aromatic rings. The summed E-state index contributed by atoms with van der Waals surface area (Å²) in [6.07, 6.45) is 7.70. The number of hydrogen-bond acceptors (Lipinski definition) is 6. The Bertz CT molecular complexity index is 1470. The Labute approximate surface area is 192 Å². The minimum absolute atomic E-state index is 0.541. The second-order valence-corrected chi connectivity index (χ2v) is 8.55. The summed E-state index contributed by atoms with van der Waals surface area (Å²) in [4.78, 5) is 18.8. The lowest BCUT2D eigenvalue weighted by atomic mass is 9.86. The van der Waals surface area contributed by atoms with Crippen LogP contribution in [-0.2, 0) is 5.41 Å². The zero-order valence-corrected chi connectivity index (χ0v) is 18.7. The van der Waals surface area contributed by atoms with Gasteiger partial charge >= 0.3 is 0 Å². The topological polar surface area (TPSA) is 87.4 Å². The second-order valence-electron chi connectivity index (χ2n) is 8.55. The first-order valence-electron chi connectivity index (χ1n) is 10.7. The van der Waals surface area contributed by atoms with Crippen molar-refractivity contribution < 1.29 is 0 Å².